The van der Waals surface area contributed by atoms with Gasteiger partial charge in [-0.2, -0.15) is 5.10 Å². The van der Waals surface area contributed by atoms with E-state index in [1.54, 1.807) is 6.20 Å². The lowest BCUT2D eigenvalue weighted by Gasteiger charge is -2.16. The van der Waals surface area contributed by atoms with E-state index in [1.807, 2.05) is 22.2 Å². The molecular formula is C11H12N4OS. The van der Waals surface area contributed by atoms with E-state index < -0.39 is 0 Å². The van der Waals surface area contributed by atoms with Gasteiger partial charge in [-0.25, -0.2) is 4.68 Å². The van der Waals surface area contributed by atoms with Crippen molar-refractivity contribution in [2.24, 2.45) is 0 Å². The van der Waals surface area contributed by atoms with Crippen LogP contribution in [0.2, 0.25) is 0 Å². The summed E-state index contributed by atoms with van der Waals surface area (Å²) in [4.78, 5) is 12.6. The van der Waals surface area contributed by atoms with E-state index in [4.69, 9.17) is 0 Å². The number of aromatic nitrogens is 2. The van der Waals surface area contributed by atoms with Crippen LogP contribution in [0.1, 0.15) is 16.1 Å². The largest absolute Gasteiger partial charge is 0.368 e. The second kappa shape index (κ2) is 4.21. The van der Waals surface area contributed by atoms with E-state index in [-0.39, 0.29) is 5.91 Å². The summed E-state index contributed by atoms with van der Waals surface area (Å²) in [6.45, 7) is 1.82. The number of hydrogen-bond donors (Lipinski definition) is 2. The Morgan fingerprint density at radius 3 is 3.35 bits per heavy atom. The molecule has 0 unspecified atom stereocenters. The summed E-state index contributed by atoms with van der Waals surface area (Å²) >= 11 is 1.43. The van der Waals surface area contributed by atoms with Crippen molar-refractivity contribution < 1.29 is 4.79 Å². The minimum Gasteiger partial charge on any atom is -0.368 e. The third kappa shape index (κ3) is 1.91. The van der Waals surface area contributed by atoms with Gasteiger partial charge >= 0.3 is 0 Å². The van der Waals surface area contributed by atoms with Gasteiger partial charge in [0.05, 0.1) is 11.1 Å². The third-order valence-corrected chi connectivity index (χ3v) is 3.54. The molecule has 88 valence electrons. The second-order valence-corrected chi connectivity index (χ2v) is 4.79. The van der Waals surface area contributed by atoms with E-state index in [1.165, 1.54) is 11.3 Å². The summed E-state index contributed by atoms with van der Waals surface area (Å²) in [5.41, 5.74) is 0.753. The summed E-state index contributed by atoms with van der Waals surface area (Å²) in [6, 6.07) is 3.68. The number of rotatable bonds is 2. The lowest BCUT2D eigenvalue weighted by molar-refractivity contribution is 0.103. The van der Waals surface area contributed by atoms with Crippen LogP contribution in [0.3, 0.4) is 0 Å². The number of nitrogens with one attached hydrogen (secondary N) is 2. The quantitative estimate of drug-likeness (QED) is 0.854. The predicted octanol–water partition coefficient (Wildman–Crippen LogP) is 2.01. The molecule has 0 atom stereocenters. The fraction of sp³-hybridized carbons (Fsp3) is 0.273. The van der Waals surface area contributed by atoms with Gasteiger partial charge in [-0.05, 0) is 17.9 Å². The summed E-state index contributed by atoms with van der Waals surface area (Å²) in [6.07, 6.45) is 2.76. The molecule has 0 saturated heterocycles. The molecule has 6 heteroatoms. The van der Waals surface area contributed by atoms with Crippen molar-refractivity contribution in [3.63, 3.8) is 0 Å². The molecule has 0 aliphatic carbocycles. The highest BCUT2D eigenvalue weighted by molar-refractivity contribution is 7.12. The molecule has 0 aromatic carbocycles. The van der Waals surface area contributed by atoms with Crippen LogP contribution in [-0.2, 0) is 6.54 Å². The molecule has 17 heavy (non-hydrogen) atoms. The first-order valence-corrected chi connectivity index (χ1v) is 6.37. The van der Waals surface area contributed by atoms with Crippen LogP contribution in [0.5, 0.6) is 0 Å². The highest BCUT2D eigenvalue weighted by Crippen LogP contribution is 2.25. The SMILES string of the molecule is O=C(Nc1cnn2c1NCCC2)c1cccs1. The van der Waals surface area contributed by atoms with Gasteiger partial charge < -0.3 is 10.6 Å². The van der Waals surface area contributed by atoms with Gasteiger partial charge in [-0.15, -0.1) is 11.3 Å². The molecule has 0 bridgehead atoms. The van der Waals surface area contributed by atoms with E-state index in [2.05, 4.69) is 15.7 Å². The van der Waals surface area contributed by atoms with Crippen LogP contribution < -0.4 is 10.6 Å². The highest BCUT2D eigenvalue weighted by atomic mass is 32.1. The van der Waals surface area contributed by atoms with Crippen molar-refractivity contribution in [1.29, 1.82) is 0 Å². The van der Waals surface area contributed by atoms with Crippen molar-refractivity contribution in [3.05, 3.63) is 28.6 Å². The Labute approximate surface area is 102 Å². The molecule has 3 rings (SSSR count). The van der Waals surface area contributed by atoms with Crippen molar-refractivity contribution in [2.75, 3.05) is 17.2 Å². The summed E-state index contributed by atoms with van der Waals surface area (Å²) in [5, 5.41) is 12.3. The van der Waals surface area contributed by atoms with Crippen LogP contribution in [-0.4, -0.2) is 22.2 Å². The lowest BCUT2D eigenvalue weighted by atomic mass is 10.3. The number of fused-ring (bicyclic) bond motifs is 1. The Bertz CT molecular complexity index is 532. The summed E-state index contributed by atoms with van der Waals surface area (Å²) < 4.78 is 1.88. The van der Waals surface area contributed by atoms with Gasteiger partial charge in [0.15, 0.2) is 0 Å². The molecular weight excluding hydrogens is 236 g/mol. The van der Waals surface area contributed by atoms with Crippen LogP contribution in [0.25, 0.3) is 0 Å². The van der Waals surface area contributed by atoms with E-state index in [9.17, 15) is 4.79 Å². The van der Waals surface area contributed by atoms with Crippen molar-refractivity contribution in [1.82, 2.24) is 9.78 Å². The average Bonchev–Trinajstić information content (AvgIpc) is 2.98. The van der Waals surface area contributed by atoms with E-state index in [0.29, 0.717) is 4.88 Å². The first kappa shape index (κ1) is 10.3. The molecule has 1 amide bonds. The van der Waals surface area contributed by atoms with E-state index >= 15 is 0 Å². The Morgan fingerprint density at radius 2 is 2.53 bits per heavy atom. The Morgan fingerprint density at radius 1 is 1.59 bits per heavy atom. The number of anilines is 2. The molecule has 2 aromatic heterocycles. The molecule has 0 fully saturated rings. The second-order valence-electron chi connectivity index (χ2n) is 3.84. The number of carbonyl (C=O) groups excluding carboxylic acids is 1. The number of thiophene rings is 1. The maximum absolute atomic E-state index is 11.9. The maximum atomic E-state index is 11.9. The third-order valence-electron chi connectivity index (χ3n) is 2.67. The van der Waals surface area contributed by atoms with Crippen molar-refractivity contribution >= 4 is 28.7 Å². The Kier molecular flexibility index (Phi) is 2.56. The predicted molar refractivity (Wildman–Crippen MR) is 67.6 cm³/mol. The van der Waals surface area contributed by atoms with Gasteiger partial charge in [0.1, 0.15) is 11.5 Å². The van der Waals surface area contributed by atoms with Crippen LogP contribution >= 0.6 is 11.3 Å². The maximum Gasteiger partial charge on any atom is 0.265 e. The summed E-state index contributed by atoms with van der Waals surface area (Å²) in [5.74, 6) is 0.823. The minimum atomic E-state index is -0.0804. The zero-order valence-corrected chi connectivity index (χ0v) is 9.96. The molecule has 0 radical (unpaired) electrons. The molecule has 3 heterocycles. The number of aryl methyl sites for hydroxylation is 1. The highest BCUT2D eigenvalue weighted by Gasteiger charge is 2.16. The molecule has 1 aliphatic heterocycles. The Hall–Kier alpha value is -1.82. The average molecular weight is 248 g/mol. The van der Waals surface area contributed by atoms with Crippen molar-refractivity contribution in [3.8, 4) is 0 Å². The Balaban J connectivity index is 1.81. The van der Waals surface area contributed by atoms with Gasteiger partial charge in [0.2, 0.25) is 0 Å². The standard InChI is InChI=1S/C11H12N4OS/c16-11(9-3-1-6-17-9)14-8-7-13-15-5-2-4-12-10(8)15/h1,3,6-7,12H,2,4-5H2,(H,14,16). The monoisotopic (exact) mass is 248 g/mol. The minimum absolute atomic E-state index is 0.0804. The molecule has 2 aromatic rings. The first-order chi connectivity index (χ1) is 8.34. The fourth-order valence-electron chi connectivity index (χ4n) is 1.86. The molecule has 0 saturated carbocycles. The molecule has 5 nitrogen and oxygen atoms in total. The number of amides is 1. The number of hydrogen-bond acceptors (Lipinski definition) is 4. The fourth-order valence-corrected chi connectivity index (χ4v) is 2.48. The van der Waals surface area contributed by atoms with Gasteiger partial charge in [-0.3, -0.25) is 4.79 Å². The van der Waals surface area contributed by atoms with E-state index in [0.717, 1.165) is 31.0 Å². The molecule has 0 spiro atoms. The topological polar surface area (TPSA) is 59.0 Å². The number of carbonyl (C=O) groups is 1. The van der Waals surface area contributed by atoms with Crippen LogP contribution in [0.15, 0.2) is 23.7 Å². The zero-order valence-electron chi connectivity index (χ0n) is 9.14. The number of nitrogens with zero attached hydrogens (tertiary/aromatic N) is 2. The normalized spacial score (nSPS) is 13.9. The lowest BCUT2D eigenvalue weighted by Crippen LogP contribution is -2.19. The zero-order chi connectivity index (χ0) is 11.7. The molecule has 1 aliphatic rings. The van der Waals surface area contributed by atoms with Gasteiger partial charge in [0, 0.05) is 13.1 Å². The first-order valence-electron chi connectivity index (χ1n) is 5.49. The smallest absolute Gasteiger partial charge is 0.265 e. The molecule has 2 N–H and O–H groups in total. The van der Waals surface area contributed by atoms with Gasteiger partial charge in [0.25, 0.3) is 5.91 Å². The summed E-state index contributed by atoms with van der Waals surface area (Å²) in [7, 11) is 0. The van der Waals surface area contributed by atoms with Crippen LogP contribution in [0, 0.1) is 0 Å². The van der Waals surface area contributed by atoms with Crippen LogP contribution in [0.4, 0.5) is 11.5 Å². The van der Waals surface area contributed by atoms with Gasteiger partial charge in [-0.1, -0.05) is 6.07 Å². The van der Waals surface area contributed by atoms with Crippen molar-refractivity contribution in [2.45, 2.75) is 13.0 Å².